The van der Waals surface area contributed by atoms with Gasteiger partial charge in [0, 0.05) is 0 Å². The predicted octanol–water partition coefficient (Wildman–Crippen LogP) is 4.93. The fraction of sp³-hybridized carbons (Fsp3) is 0.667. The molecule has 0 amide bonds. The fourth-order valence-corrected chi connectivity index (χ4v) is 1.99. The van der Waals surface area contributed by atoms with Crippen LogP contribution in [0.15, 0.2) is 23.3 Å². The van der Waals surface area contributed by atoms with Crippen LogP contribution in [-0.4, -0.2) is 0 Å². The van der Waals surface area contributed by atoms with Crippen LogP contribution in [0.4, 0.5) is 0 Å². The first-order valence-corrected chi connectivity index (χ1v) is 6.03. The maximum atomic E-state index is 4.30. The van der Waals surface area contributed by atoms with Crippen LogP contribution in [0.25, 0.3) is 0 Å². The maximum absolute atomic E-state index is 4.30. The second kappa shape index (κ2) is 4.08. The second-order valence-corrected chi connectivity index (χ2v) is 6.05. The Morgan fingerprint density at radius 3 is 1.87 bits per heavy atom. The van der Waals surface area contributed by atoms with Gasteiger partial charge in [-0.05, 0) is 37.2 Å². The van der Waals surface area contributed by atoms with Crippen LogP contribution in [0, 0.1) is 17.8 Å². The van der Waals surface area contributed by atoms with Crippen molar-refractivity contribution >= 4 is 0 Å². The zero-order valence-electron chi connectivity index (χ0n) is 11.0. The second-order valence-electron chi connectivity index (χ2n) is 6.05. The summed E-state index contributed by atoms with van der Waals surface area (Å²) in [5, 5.41) is 0. The van der Waals surface area contributed by atoms with E-state index in [2.05, 4.69) is 53.7 Å². The molecule has 0 saturated carbocycles. The molecule has 0 fully saturated rings. The molecule has 0 aromatic heterocycles. The first-order valence-electron chi connectivity index (χ1n) is 6.03. The van der Waals surface area contributed by atoms with Crippen LogP contribution in [0.3, 0.4) is 0 Å². The van der Waals surface area contributed by atoms with Gasteiger partial charge in [-0.3, -0.25) is 0 Å². The molecule has 0 aromatic carbocycles. The van der Waals surface area contributed by atoms with Gasteiger partial charge in [0.15, 0.2) is 0 Å². The molecule has 0 heteroatoms. The third-order valence-corrected chi connectivity index (χ3v) is 3.67. The van der Waals surface area contributed by atoms with E-state index >= 15 is 0 Å². The molecule has 1 aliphatic carbocycles. The molecule has 0 saturated heterocycles. The topological polar surface area (TPSA) is 0 Å². The van der Waals surface area contributed by atoms with Gasteiger partial charge < -0.3 is 0 Å². The summed E-state index contributed by atoms with van der Waals surface area (Å²) in [6.45, 7) is 15.6. The highest BCUT2D eigenvalue weighted by Gasteiger charge is 2.30. The van der Waals surface area contributed by atoms with Crippen molar-refractivity contribution in [2.45, 2.75) is 53.9 Å². The van der Waals surface area contributed by atoms with Crippen LogP contribution in [-0.2, 0) is 0 Å². The molecule has 0 spiro atoms. The molecule has 15 heavy (non-hydrogen) atoms. The van der Waals surface area contributed by atoms with Gasteiger partial charge in [0.25, 0.3) is 0 Å². The smallest absolute Gasteiger partial charge is 0.0645 e. The summed E-state index contributed by atoms with van der Waals surface area (Å²) in [7, 11) is 0. The van der Waals surface area contributed by atoms with Gasteiger partial charge in [-0.15, -0.1) is 0 Å². The Morgan fingerprint density at radius 2 is 1.53 bits per heavy atom. The van der Waals surface area contributed by atoms with E-state index < -0.39 is 0 Å². The molecule has 1 unspecified atom stereocenters. The number of hydrogen-bond acceptors (Lipinski definition) is 0. The first-order chi connectivity index (χ1) is 6.77. The summed E-state index contributed by atoms with van der Waals surface area (Å²) in [4.78, 5) is 0. The highest BCUT2D eigenvalue weighted by molar-refractivity contribution is 5.31. The van der Waals surface area contributed by atoms with Crippen LogP contribution in [0.2, 0.25) is 0 Å². The van der Waals surface area contributed by atoms with E-state index in [0.29, 0.717) is 5.41 Å². The SMILES string of the molecule is [CH2+]C(C)(CC)C1=CC=C(C(C)(C)C)CC1. The fourth-order valence-electron chi connectivity index (χ4n) is 1.99. The molecule has 0 radical (unpaired) electrons. The van der Waals surface area contributed by atoms with Gasteiger partial charge in [0.05, 0.1) is 6.92 Å². The lowest BCUT2D eigenvalue weighted by Gasteiger charge is -2.29. The number of allylic oxidation sites excluding steroid dienone is 4. The Morgan fingerprint density at radius 1 is 1.07 bits per heavy atom. The Bertz CT molecular complexity index is 282. The standard InChI is InChI=1S/C15H25/c1-7-15(5,6)13-10-8-12(9-11-13)14(2,3)4/h8,10H,5,7,9,11H2,1-4,6H3/q+1. The van der Waals surface area contributed by atoms with Gasteiger partial charge >= 0.3 is 0 Å². The quantitative estimate of drug-likeness (QED) is 0.561. The minimum absolute atomic E-state index is 0.139. The summed E-state index contributed by atoms with van der Waals surface area (Å²) in [6, 6.07) is 0. The molecule has 0 N–H and O–H groups in total. The van der Waals surface area contributed by atoms with E-state index in [-0.39, 0.29) is 5.41 Å². The molecule has 0 aliphatic heterocycles. The minimum Gasteiger partial charge on any atom is -0.0645 e. The summed E-state index contributed by atoms with van der Waals surface area (Å²) in [5.41, 5.74) is 3.54. The van der Waals surface area contributed by atoms with Crippen LogP contribution < -0.4 is 0 Å². The van der Waals surface area contributed by atoms with Crippen molar-refractivity contribution < 1.29 is 0 Å². The normalized spacial score (nSPS) is 21.7. The van der Waals surface area contributed by atoms with E-state index in [1.807, 2.05) is 0 Å². The highest BCUT2D eigenvalue weighted by Crippen LogP contribution is 2.39. The average Bonchev–Trinajstić information content (AvgIpc) is 2.17. The Balaban J connectivity index is 2.86. The monoisotopic (exact) mass is 205 g/mol. The van der Waals surface area contributed by atoms with Crippen molar-refractivity contribution in [3.05, 3.63) is 30.2 Å². The largest absolute Gasteiger partial charge is 0.123 e. The summed E-state index contributed by atoms with van der Waals surface area (Å²) in [6.07, 6.45) is 8.15. The lowest BCUT2D eigenvalue weighted by molar-refractivity contribution is 0.441. The molecule has 0 nitrogen and oxygen atoms in total. The molecule has 0 aromatic rings. The van der Waals surface area contributed by atoms with Crippen LogP contribution >= 0.6 is 0 Å². The Hall–Kier alpha value is -0.650. The minimum atomic E-state index is 0.139. The van der Waals surface area contributed by atoms with Crippen LogP contribution in [0.5, 0.6) is 0 Å². The van der Waals surface area contributed by atoms with E-state index in [9.17, 15) is 0 Å². The Kier molecular flexibility index (Phi) is 3.38. The molecular formula is C15H25+. The van der Waals surface area contributed by atoms with E-state index in [0.717, 1.165) is 6.42 Å². The third kappa shape index (κ3) is 2.90. The molecule has 84 valence electrons. The zero-order valence-corrected chi connectivity index (χ0v) is 11.0. The lowest BCUT2D eigenvalue weighted by atomic mass is 9.73. The number of rotatable bonds is 2. The highest BCUT2D eigenvalue weighted by atomic mass is 14.3. The first kappa shape index (κ1) is 12.4. The Labute approximate surface area is 95.5 Å². The maximum Gasteiger partial charge on any atom is 0.123 e. The molecule has 0 heterocycles. The average molecular weight is 205 g/mol. The number of hydrogen-bond donors (Lipinski definition) is 0. The summed E-state index contributed by atoms with van der Waals surface area (Å²) in [5.74, 6) is 0. The van der Waals surface area contributed by atoms with Gasteiger partial charge in [0.2, 0.25) is 0 Å². The van der Waals surface area contributed by atoms with E-state index in [1.165, 1.54) is 18.4 Å². The van der Waals surface area contributed by atoms with E-state index in [4.69, 9.17) is 0 Å². The zero-order chi connectivity index (χ0) is 11.7. The van der Waals surface area contributed by atoms with Crippen molar-refractivity contribution in [3.8, 4) is 0 Å². The molecular weight excluding hydrogens is 180 g/mol. The van der Waals surface area contributed by atoms with Gasteiger partial charge in [-0.25, -0.2) is 0 Å². The van der Waals surface area contributed by atoms with Crippen LogP contribution in [0.1, 0.15) is 53.9 Å². The van der Waals surface area contributed by atoms with Crippen molar-refractivity contribution in [3.63, 3.8) is 0 Å². The van der Waals surface area contributed by atoms with Crippen molar-refractivity contribution in [1.82, 2.24) is 0 Å². The van der Waals surface area contributed by atoms with Crippen molar-refractivity contribution in [2.75, 3.05) is 0 Å². The lowest BCUT2D eigenvalue weighted by Crippen LogP contribution is -2.18. The molecule has 1 atom stereocenters. The third-order valence-electron chi connectivity index (χ3n) is 3.67. The van der Waals surface area contributed by atoms with Gasteiger partial charge in [-0.2, -0.15) is 0 Å². The summed E-state index contributed by atoms with van der Waals surface area (Å²) >= 11 is 0. The van der Waals surface area contributed by atoms with E-state index in [1.54, 1.807) is 5.57 Å². The molecule has 1 aliphatic rings. The molecule has 0 bridgehead atoms. The van der Waals surface area contributed by atoms with Crippen molar-refractivity contribution in [1.29, 1.82) is 0 Å². The van der Waals surface area contributed by atoms with Gasteiger partial charge in [-0.1, -0.05) is 45.4 Å². The van der Waals surface area contributed by atoms with Crippen molar-refractivity contribution in [2.24, 2.45) is 10.8 Å². The summed E-state index contributed by atoms with van der Waals surface area (Å²) < 4.78 is 0. The molecule has 1 rings (SSSR count). The predicted molar refractivity (Wildman–Crippen MR) is 68.6 cm³/mol. The van der Waals surface area contributed by atoms with Gasteiger partial charge in [0.1, 0.15) is 5.41 Å².